The van der Waals surface area contributed by atoms with Crippen LogP contribution in [0.4, 0.5) is 0 Å². The van der Waals surface area contributed by atoms with Gasteiger partial charge in [0.2, 0.25) is 5.91 Å². The molecule has 0 spiro atoms. The fourth-order valence-corrected chi connectivity index (χ4v) is 2.88. The first-order valence-corrected chi connectivity index (χ1v) is 7.74. The minimum Gasteiger partial charge on any atom is -0.478 e. The third-order valence-corrected chi connectivity index (χ3v) is 4.19. The number of carbonyl (C=O) groups is 2. The summed E-state index contributed by atoms with van der Waals surface area (Å²) in [4.78, 5) is 22.5. The van der Waals surface area contributed by atoms with Gasteiger partial charge < -0.3 is 10.4 Å². The van der Waals surface area contributed by atoms with Crippen molar-refractivity contribution in [1.82, 2.24) is 5.32 Å². The summed E-state index contributed by atoms with van der Waals surface area (Å²) in [7, 11) is 0. The maximum absolute atomic E-state index is 11.7. The van der Waals surface area contributed by atoms with Crippen molar-refractivity contribution < 1.29 is 14.7 Å². The number of carboxylic acid groups (broad SMARTS) is 1. The van der Waals surface area contributed by atoms with Gasteiger partial charge in [-0.05, 0) is 36.5 Å². The van der Waals surface area contributed by atoms with Gasteiger partial charge in [0, 0.05) is 13.0 Å². The Bertz CT molecular complexity index is 475. The first-order chi connectivity index (χ1) is 10.1. The van der Waals surface area contributed by atoms with Crippen LogP contribution in [0.2, 0.25) is 0 Å². The molecule has 1 amide bonds. The summed E-state index contributed by atoms with van der Waals surface area (Å²) in [5.41, 5.74) is 1.33. The third kappa shape index (κ3) is 5.21. The molecule has 1 aliphatic rings. The van der Waals surface area contributed by atoms with Crippen LogP contribution in [-0.2, 0) is 11.2 Å². The van der Waals surface area contributed by atoms with E-state index in [2.05, 4.69) is 5.32 Å². The van der Waals surface area contributed by atoms with Crippen molar-refractivity contribution in [1.29, 1.82) is 0 Å². The standard InChI is InChI=1S/C17H23NO3/c19-16(10-7-13-3-1-2-4-13)18-12-11-14-5-8-15(9-6-14)17(20)21/h5-6,8-9,13H,1-4,7,10-12H2,(H,18,19)(H,20,21). The molecule has 21 heavy (non-hydrogen) atoms. The number of hydrogen-bond acceptors (Lipinski definition) is 2. The predicted molar refractivity (Wildman–Crippen MR) is 81.3 cm³/mol. The van der Waals surface area contributed by atoms with Gasteiger partial charge >= 0.3 is 5.97 Å². The van der Waals surface area contributed by atoms with Gasteiger partial charge in [-0.3, -0.25) is 4.79 Å². The second-order valence-corrected chi connectivity index (χ2v) is 5.79. The number of nitrogens with one attached hydrogen (secondary N) is 1. The average molecular weight is 289 g/mol. The fraction of sp³-hybridized carbons (Fsp3) is 0.529. The maximum Gasteiger partial charge on any atom is 0.335 e. The minimum atomic E-state index is -0.915. The first-order valence-electron chi connectivity index (χ1n) is 7.74. The van der Waals surface area contributed by atoms with Gasteiger partial charge in [-0.2, -0.15) is 0 Å². The van der Waals surface area contributed by atoms with E-state index in [1.807, 2.05) is 0 Å². The molecule has 0 unspecified atom stereocenters. The molecule has 0 aliphatic heterocycles. The molecule has 0 bridgehead atoms. The van der Waals surface area contributed by atoms with Gasteiger partial charge in [0.15, 0.2) is 0 Å². The van der Waals surface area contributed by atoms with Crippen LogP contribution in [-0.4, -0.2) is 23.5 Å². The van der Waals surface area contributed by atoms with E-state index in [4.69, 9.17) is 5.11 Å². The Kier molecular flexibility index (Phi) is 5.78. The van der Waals surface area contributed by atoms with Crippen LogP contribution in [0.1, 0.15) is 54.4 Å². The van der Waals surface area contributed by atoms with Gasteiger partial charge in [0.25, 0.3) is 0 Å². The molecule has 1 aromatic rings. The molecule has 0 atom stereocenters. The van der Waals surface area contributed by atoms with Crippen molar-refractivity contribution in [2.24, 2.45) is 5.92 Å². The highest BCUT2D eigenvalue weighted by atomic mass is 16.4. The zero-order valence-corrected chi connectivity index (χ0v) is 12.3. The zero-order valence-electron chi connectivity index (χ0n) is 12.3. The van der Waals surface area contributed by atoms with E-state index in [0.29, 0.717) is 18.5 Å². The van der Waals surface area contributed by atoms with E-state index in [1.54, 1.807) is 24.3 Å². The third-order valence-electron chi connectivity index (χ3n) is 4.19. The number of carbonyl (C=O) groups excluding carboxylic acids is 1. The van der Waals surface area contributed by atoms with Crippen molar-refractivity contribution in [3.05, 3.63) is 35.4 Å². The van der Waals surface area contributed by atoms with E-state index >= 15 is 0 Å². The van der Waals surface area contributed by atoms with Crippen molar-refractivity contribution >= 4 is 11.9 Å². The molecule has 1 aromatic carbocycles. The van der Waals surface area contributed by atoms with Gasteiger partial charge in [-0.25, -0.2) is 4.79 Å². The molecule has 0 saturated heterocycles. The second-order valence-electron chi connectivity index (χ2n) is 5.79. The largest absolute Gasteiger partial charge is 0.478 e. The number of aromatic carboxylic acids is 1. The Morgan fingerprint density at radius 1 is 1.14 bits per heavy atom. The summed E-state index contributed by atoms with van der Waals surface area (Å²) in [6, 6.07) is 6.79. The Balaban J connectivity index is 1.63. The quantitative estimate of drug-likeness (QED) is 0.811. The van der Waals surface area contributed by atoms with E-state index in [0.717, 1.165) is 24.3 Å². The van der Waals surface area contributed by atoms with Gasteiger partial charge in [0.05, 0.1) is 5.56 Å². The van der Waals surface area contributed by atoms with Crippen molar-refractivity contribution in [3.63, 3.8) is 0 Å². The fourth-order valence-electron chi connectivity index (χ4n) is 2.88. The molecule has 4 heteroatoms. The molecule has 1 saturated carbocycles. The first kappa shape index (κ1) is 15.5. The zero-order chi connectivity index (χ0) is 15.1. The molecule has 114 valence electrons. The van der Waals surface area contributed by atoms with Crippen LogP contribution in [0, 0.1) is 5.92 Å². The van der Waals surface area contributed by atoms with E-state index in [1.165, 1.54) is 25.7 Å². The summed E-state index contributed by atoms with van der Waals surface area (Å²) in [6.45, 7) is 0.607. The van der Waals surface area contributed by atoms with Crippen LogP contribution in [0.5, 0.6) is 0 Å². The second kappa shape index (κ2) is 7.81. The Hall–Kier alpha value is -1.84. The molecular formula is C17H23NO3. The maximum atomic E-state index is 11.7. The number of benzene rings is 1. The molecule has 2 N–H and O–H groups in total. The summed E-state index contributed by atoms with van der Waals surface area (Å²) >= 11 is 0. The van der Waals surface area contributed by atoms with Gasteiger partial charge in [0.1, 0.15) is 0 Å². The van der Waals surface area contributed by atoms with Crippen LogP contribution in [0.25, 0.3) is 0 Å². The molecule has 2 rings (SSSR count). The molecule has 0 aromatic heterocycles. The van der Waals surface area contributed by atoms with Gasteiger partial charge in [-0.1, -0.05) is 37.8 Å². The smallest absolute Gasteiger partial charge is 0.335 e. The topological polar surface area (TPSA) is 66.4 Å². The summed E-state index contributed by atoms with van der Waals surface area (Å²) < 4.78 is 0. The highest BCUT2D eigenvalue weighted by Crippen LogP contribution is 2.28. The van der Waals surface area contributed by atoms with E-state index < -0.39 is 5.97 Å². The molecule has 1 fully saturated rings. The molecule has 0 radical (unpaired) electrons. The molecule has 4 nitrogen and oxygen atoms in total. The van der Waals surface area contributed by atoms with Crippen LogP contribution < -0.4 is 5.32 Å². The van der Waals surface area contributed by atoms with Crippen molar-refractivity contribution in [3.8, 4) is 0 Å². The predicted octanol–water partition coefficient (Wildman–Crippen LogP) is 3.01. The summed E-state index contributed by atoms with van der Waals surface area (Å²) in [5.74, 6) is -0.0369. The lowest BCUT2D eigenvalue weighted by molar-refractivity contribution is -0.121. The Morgan fingerprint density at radius 2 is 1.81 bits per heavy atom. The normalized spacial score (nSPS) is 15.0. The highest BCUT2D eigenvalue weighted by Gasteiger charge is 2.15. The van der Waals surface area contributed by atoms with Crippen molar-refractivity contribution in [2.75, 3.05) is 6.54 Å². The summed E-state index contributed by atoms with van der Waals surface area (Å²) in [6.07, 6.45) is 7.57. The van der Waals surface area contributed by atoms with E-state index in [-0.39, 0.29) is 5.91 Å². The molecule has 1 aliphatic carbocycles. The number of amides is 1. The SMILES string of the molecule is O=C(CCC1CCCC1)NCCc1ccc(C(=O)O)cc1. The molecular weight excluding hydrogens is 266 g/mol. The lowest BCUT2D eigenvalue weighted by Crippen LogP contribution is -2.25. The number of hydrogen-bond donors (Lipinski definition) is 2. The number of rotatable bonds is 7. The Labute approximate surface area is 125 Å². The lowest BCUT2D eigenvalue weighted by Gasteiger charge is -2.09. The lowest BCUT2D eigenvalue weighted by atomic mass is 10.0. The van der Waals surface area contributed by atoms with Crippen LogP contribution >= 0.6 is 0 Å². The van der Waals surface area contributed by atoms with Gasteiger partial charge in [-0.15, -0.1) is 0 Å². The van der Waals surface area contributed by atoms with Crippen LogP contribution in [0.3, 0.4) is 0 Å². The van der Waals surface area contributed by atoms with Crippen LogP contribution in [0.15, 0.2) is 24.3 Å². The van der Waals surface area contributed by atoms with E-state index in [9.17, 15) is 9.59 Å². The average Bonchev–Trinajstić information content (AvgIpc) is 2.99. The summed E-state index contributed by atoms with van der Waals surface area (Å²) in [5, 5.41) is 11.8. The Morgan fingerprint density at radius 3 is 2.43 bits per heavy atom. The highest BCUT2D eigenvalue weighted by molar-refractivity contribution is 5.87. The number of carboxylic acids is 1. The minimum absolute atomic E-state index is 0.129. The molecule has 0 heterocycles. The van der Waals surface area contributed by atoms with Crippen molar-refractivity contribution in [2.45, 2.75) is 44.9 Å². The monoisotopic (exact) mass is 289 g/mol.